The number of esters is 2. The van der Waals surface area contributed by atoms with Crippen molar-refractivity contribution in [2.24, 2.45) is 0 Å². The molecule has 0 radical (unpaired) electrons. The SMILES string of the molecule is COCN(C(=O)OC(C)(C)C)[C@@](C)(Cc1ccc(Br)cc1)C(=O)OCCCCOC(=O)[C@](C)(Cc1ccc(Br)cc1)N(COC)C(=O)OC(C)(C)C. The van der Waals surface area contributed by atoms with E-state index in [2.05, 4.69) is 31.9 Å². The van der Waals surface area contributed by atoms with Crippen LogP contribution in [0.25, 0.3) is 0 Å². The van der Waals surface area contributed by atoms with Crippen molar-refractivity contribution in [3.05, 3.63) is 68.6 Å². The van der Waals surface area contributed by atoms with Crippen LogP contribution in [-0.4, -0.2) is 97.1 Å². The normalized spacial score (nSPS) is 14.0. The zero-order valence-corrected chi connectivity index (χ0v) is 35.2. The molecule has 0 aromatic heterocycles. The molecule has 2 rings (SSSR count). The van der Waals surface area contributed by atoms with E-state index < -0.39 is 46.4 Å². The fourth-order valence-electron chi connectivity index (χ4n) is 5.09. The van der Waals surface area contributed by atoms with Crippen LogP contribution in [0.1, 0.15) is 79.4 Å². The first-order valence-electron chi connectivity index (χ1n) is 17.0. The van der Waals surface area contributed by atoms with Gasteiger partial charge in [-0.05, 0) is 104 Å². The van der Waals surface area contributed by atoms with E-state index in [1.165, 1.54) is 24.0 Å². The second-order valence-electron chi connectivity index (χ2n) is 14.8. The molecule has 52 heavy (non-hydrogen) atoms. The van der Waals surface area contributed by atoms with E-state index in [0.717, 1.165) is 20.1 Å². The lowest BCUT2D eigenvalue weighted by Crippen LogP contribution is -2.58. The molecule has 2 aromatic carbocycles. The van der Waals surface area contributed by atoms with Gasteiger partial charge in [0.1, 0.15) is 35.7 Å². The molecule has 290 valence electrons. The molecule has 0 aliphatic rings. The van der Waals surface area contributed by atoms with Crippen molar-refractivity contribution in [3.8, 4) is 0 Å². The Morgan fingerprint density at radius 2 is 0.865 bits per heavy atom. The Hall–Kier alpha value is -3.20. The van der Waals surface area contributed by atoms with Crippen LogP contribution >= 0.6 is 31.9 Å². The lowest BCUT2D eigenvalue weighted by Gasteiger charge is -2.39. The molecule has 12 nitrogen and oxygen atoms in total. The number of nitrogens with zero attached hydrogens (tertiary/aromatic N) is 2. The van der Waals surface area contributed by atoms with Crippen molar-refractivity contribution in [2.75, 3.05) is 40.9 Å². The first kappa shape index (κ1) is 45.0. The molecule has 0 bridgehead atoms. The molecule has 0 N–H and O–H groups in total. The van der Waals surface area contributed by atoms with Gasteiger partial charge >= 0.3 is 24.1 Å². The Bertz CT molecular complexity index is 1360. The quantitative estimate of drug-likeness (QED) is 0.0667. The van der Waals surface area contributed by atoms with E-state index in [0.29, 0.717) is 12.8 Å². The molecule has 0 saturated carbocycles. The van der Waals surface area contributed by atoms with Gasteiger partial charge in [-0.25, -0.2) is 19.2 Å². The van der Waals surface area contributed by atoms with Crippen LogP contribution in [0.2, 0.25) is 0 Å². The third-order valence-corrected chi connectivity index (χ3v) is 8.80. The Morgan fingerprint density at radius 3 is 1.13 bits per heavy atom. The minimum absolute atomic E-state index is 0.00861. The van der Waals surface area contributed by atoms with E-state index in [9.17, 15) is 19.2 Å². The van der Waals surface area contributed by atoms with Gasteiger partial charge in [0.15, 0.2) is 0 Å². The van der Waals surface area contributed by atoms with Gasteiger partial charge in [-0.15, -0.1) is 0 Å². The van der Waals surface area contributed by atoms with Crippen LogP contribution in [0.15, 0.2) is 57.5 Å². The van der Waals surface area contributed by atoms with Crippen LogP contribution in [0.3, 0.4) is 0 Å². The fourth-order valence-corrected chi connectivity index (χ4v) is 5.61. The number of carbonyl (C=O) groups is 4. The molecule has 0 unspecified atom stereocenters. The Balaban J connectivity index is 2.19. The van der Waals surface area contributed by atoms with Crippen LogP contribution in [0.4, 0.5) is 9.59 Å². The van der Waals surface area contributed by atoms with Gasteiger partial charge in [-0.2, -0.15) is 0 Å². The highest BCUT2D eigenvalue weighted by Crippen LogP contribution is 2.29. The Labute approximate surface area is 325 Å². The summed E-state index contributed by atoms with van der Waals surface area (Å²) in [5.41, 5.74) is -3.02. The molecule has 2 atom stereocenters. The van der Waals surface area contributed by atoms with Crippen LogP contribution in [0.5, 0.6) is 0 Å². The van der Waals surface area contributed by atoms with E-state index in [1.54, 1.807) is 55.4 Å². The highest BCUT2D eigenvalue weighted by Gasteiger charge is 2.47. The van der Waals surface area contributed by atoms with Crippen molar-refractivity contribution >= 4 is 56.0 Å². The molecule has 0 saturated heterocycles. The summed E-state index contributed by atoms with van der Waals surface area (Å²) >= 11 is 6.86. The summed E-state index contributed by atoms with van der Waals surface area (Å²) in [6.45, 7) is 13.2. The second kappa shape index (κ2) is 19.8. The van der Waals surface area contributed by atoms with Crippen molar-refractivity contribution in [1.29, 1.82) is 0 Å². The van der Waals surface area contributed by atoms with Gasteiger partial charge in [0, 0.05) is 36.0 Å². The van der Waals surface area contributed by atoms with Crippen molar-refractivity contribution in [1.82, 2.24) is 9.80 Å². The lowest BCUT2D eigenvalue weighted by molar-refractivity contribution is -0.162. The summed E-state index contributed by atoms with van der Waals surface area (Å²) in [6, 6.07) is 14.8. The highest BCUT2D eigenvalue weighted by atomic mass is 79.9. The average molecular weight is 859 g/mol. The van der Waals surface area contributed by atoms with Crippen molar-refractivity contribution in [3.63, 3.8) is 0 Å². The first-order chi connectivity index (χ1) is 24.1. The number of amides is 2. The third-order valence-electron chi connectivity index (χ3n) is 7.74. The number of benzene rings is 2. The summed E-state index contributed by atoms with van der Waals surface area (Å²) in [5.74, 6) is -1.30. The number of methoxy groups -OCH3 is 2. The maximum absolute atomic E-state index is 13.8. The molecular weight excluding hydrogens is 804 g/mol. The second-order valence-corrected chi connectivity index (χ2v) is 16.6. The number of halogens is 2. The largest absolute Gasteiger partial charge is 0.464 e. The third kappa shape index (κ3) is 14.0. The van der Waals surface area contributed by atoms with Gasteiger partial charge in [-0.1, -0.05) is 56.1 Å². The minimum atomic E-state index is -1.49. The summed E-state index contributed by atoms with van der Waals surface area (Å²) in [5, 5.41) is 0. The highest BCUT2D eigenvalue weighted by molar-refractivity contribution is 9.10. The molecule has 0 aliphatic carbocycles. The smallest absolute Gasteiger partial charge is 0.413 e. The number of unbranched alkanes of at least 4 members (excludes halogenated alkanes) is 1. The van der Waals surface area contributed by atoms with Gasteiger partial charge in [0.25, 0.3) is 0 Å². The number of hydrogen-bond acceptors (Lipinski definition) is 10. The molecular formula is C38H54Br2N2O10. The van der Waals surface area contributed by atoms with E-state index >= 15 is 0 Å². The van der Waals surface area contributed by atoms with E-state index in [1.807, 2.05) is 48.5 Å². The summed E-state index contributed by atoms with van der Waals surface area (Å²) in [6.07, 6.45) is -0.489. The Kier molecular flexibility index (Phi) is 17.1. The molecule has 2 aromatic rings. The maximum atomic E-state index is 13.8. The number of carbonyl (C=O) groups excluding carboxylic acids is 4. The lowest BCUT2D eigenvalue weighted by atomic mass is 9.91. The maximum Gasteiger partial charge on any atom is 0.413 e. The van der Waals surface area contributed by atoms with Gasteiger partial charge < -0.3 is 28.4 Å². The zero-order valence-electron chi connectivity index (χ0n) is 32.0. The summed E-state index contributed by atoms with van der Waals surface area (Å²) in [7, 11) is 2.85. The predicted molar refractivity (Wildman–Crippen MR) is 204 cm³/mol. The summed E-state index contributed by atoms with van der Waals surface area (Å²) < 4.78 is 35.1. The minimum Gasteiger partial charge on any atom is -0.464 e. The molecule has 2 amide bonds. The topological polar surface area (TPSA) is 130 Å². The Morgan fingerprint density at radius 1 is 0.558 bits per heavy atom. The summed E-state index contributed by atoms with van der Waals surface area (Å²) in [4.78, 5) is 56.8. The zero-order chi connectivity index (χ0) is 39.3. The van der Waals surface area contributed by atoms with Gasteiger partial charge in [0.2, 0.25) is 0 Å². The average Bonchev–Trinajstić information content (AvgIpc) is 3.04. The van der Waals surface area contributed by atoms with Crippen molar-refractivity contribution in [2.45, 2.75) is 103 Å². The fraction of sp³-hybridized carbons (Fsp3) is 0.579. The number of rotatable bonds is 17. The van der Waals surface area contributed by atoms with E-state index in [4.69, 9.17) is 28.4 Å². The predicted octanol–water partition coefficient (Wildman–Crippen LogP) is 8.06. The standard InChI is InChI=1S/C38H54Br2N2O10/c1-35(2,3)51-33(45)41(25-47-9)37(7,23-27-13-17-29(39)18-14-27)31(43)49-21-11-12-22-50-32(44)38(8,24-28-15-19-30(40)20-16-28)42(26-48-10)34(46)52-36(4,5)6/h13-20H,11-12,21-26H2,1-10H3/t37-,38-/m0/s1. The van der Waals surface area contributed by atoms with Crippen LogP contribution in [0, 0.1) is 0 Å². The molecule has 0 heterocycles. The van der Waals surface area contributed by atoms with Crippen molar-refractivity contribution < 1.29 is 47.6 Å². The van der Waals surface area contributed by atoms with Crippen LogP contribution < -0.4 is 0 Å². The van der Waals surface area contributed by atoms with Crippen LogP contribution in [-0.2, 0) is 50.9 Å². The molecule has 0 aliphatic heterocycles. The molecule has 0 fully saturated rings. The molecule has 0 spiro atoms. The number of hydrogen-bond donors (Lipinski definition) is 0. The number of ether oxygens (including phenoxy) is 6. The van der Waals surface area contributed by atoms with E-state index in [-0.39, 0.29) is 39.5 Å². The monoisotopic (exact) mass is 856 g/mol. The van der Waals surface area contributed by atoms with Gasteiger partial charge in [0.05, 0.1) is 13.2 Å². The molecule has 14 heteroatoms. The first-order valence-corrected chi connectivity index (χ1v) is 18.6. The van der Waals surface area contributed by atoms with Gasteiger partial charge in [-0.3, -0.25) is 9.80 Å².